The van der Waals surface area contributed by atoms with Gasteiger partial charge in [0.25, 0.3) is 11.8 Å². The molecule has 0 saturated carbocycles. The van der Waals surface area contributed by atoms with Crippen molar-refractivity contribution in [1.29, 1.82) is 0 Å². The van der Waals surface area contributed by atoms with Gasteiger partial charge >= 0.3 is 6.09 Å². The van der Waals surface area contributed by atoms with Gasteiger partial charge in [0.15, 0.2) is 11.5 Å². The van der Waals surface area contributed by atoms with E-state index in [0.717, 1.165) is 16.5 Å². The zero-order valence-electron chi connectivity index (χ0n) is 25.2. The number of rotatable bonds is 9. The molecule has 2 N–H and O–H groups in total. The number of anilines is 2. The summed E-state index contributed by atoms with van der Waals surface area (Å²) in [6.45, 7) is 5.95. The number of hydrogen-bond acceptors (Lipinski definition) is 7. The number of carbonyl (C=O) groups is 3. The molecule has 3 aromatic carbocycles. The number of para-hydroxylation sites is 1. The van der Waals surface area contributed by atoms with Gasteiger partial charge in [0.05, 0.1) is 36.6 Å². The monoisotopic (exact) mass is 584 g/mol. The number of benzene rings is 3. The lowest BCUT2D eigenvalue weighted by Gasteiger charge is -2.24. The van der Waals surface area contributed by atoms with Gasteiger partial charge in [-0.2, -0.15) is 0 Å². The van der Waals surface area contributed by atoms with Crippen molar-refractivity contribution in [3.63, 3.8) is 0 Å². The fraction of sp³-hybridized carbons (Fsp3) is 0.273. The van der Waals surface area contributed by atoms with E-state index in [-0.39, 0.29) is 17.3 Å². The van der Waals surface area contributed by atoms with Crippen LogP contribution in [-0.2, 0) is 11.2 Å². The minimum Gasteiger partial charge on any atom is -0.493 e. The standard InChI is InChI=1S/C33H36N4O6/c1-33(2,3)43-32(40)37(4)16-15-21-11-13-24(14-12-21)35-31(39)25-18-28(41-5)29(42-6)19-27(25)36-30(38)23-17-22-9-7-8-10-26(22)34-20-23/h7-14,17-20H,15-16H2,1-6H3,(H,35,39)(H,36,38). The molecule has 0 unspecified atom stereocenters. The first kappa shape index (κ1) is 30.8. The molecule has 0 aliphatic heterocycles. The van der Waals surface area contributed by atoms with E-state index in [1.807, 2.05) is 57.2 Å². The summed E-state index contributed by atoms with van der Waals surface area (Å²) in [6, 6.07) is 19.6. The van der Waals surface area contributed by atoms with Crippen LogP contribution >= 0.6 is 0 Å². The van der Waals surface area contributed by atoms with Crippen molar-refractivity contribution in [1.82, 2.24) is 9.88 Å². The summed E-state index contributed by atoms with van der Waals surface area (Å²) in [5, 5.41) is 6.52. The molecule has 43 heavy (non-hydrogen) atoms. The highest BCUT2D eigenvalue weighted by atomic mass is 16.6. The third-order valence-corrected chi connectivity index (χ3v) is 6.52. The van der Waals surface area contributed by atoms with Gasteiger partial charge in [0.1, 0.15) is 5.60 Å². The van der Waals surface area contributed by atoms with E-state index in [4.69, 9.17) is 14.2 Å². The van der Waals surface area contributed by atoms with Gasteiger partial charge in [-0.3, -0.25) is 14.6 Å². The van der Waals surface area contributed by atoms with Gasteiger partial charge in [-0.05, 0) is 63.1 Å². The van der Waals surface area contributed by atoms with Crippen molar-refractivity contribution in [2.24, 2.45) is 0 Å². The average molecular weight is 585 g/mol. The van der Waals surface area contributed by atoms with E-state index in [1.54, 1.807) is 31.3 Å². The van der Waals surface area contributed by atoms with Crippen LogP contribution in [0.5, 0.6) is 11.5 Å². The molecule has 3 amide bonds. The second-order valence-electron chi connectivity index (χ2n) is 10.9. The number of pyridine rings is 1. The number of amides is 3. The second-order valence-corrected chi connectivity index (χ2v) is 10.9. The minimum atomic E-state index is -0.560. The van der Waals surface area contributed by atoms with Crippen LogP contribution in [-0.4, -0.2) is 61.2 Å². The largest absolute Gasteiger partial charge is 0.493 e. The van der Waals surface area contributed by atoms with Crippen LogP contribution in [0.4, 0.5) is 16.2 Å². The SMILES string of the molecule is COc1cc(NC(=O)c2cnc3ccccc3c2)c(C(=O)Nc2ccc(CCN(C)C(=O)OC(C)(C)C)cc2)cc1OC. The molecule has 0 fully saturated rings. The van der Waals surface area contributed by atoms with Gasteiger partial charge in [0, 0.05) is 36.9 Å². The highest BCUT2D eigenvalue weighted by molar-refractivity contribution is 6.13. The molecule has 0 aliphatic carbocycles. The highest BCUT2D eigenvalue weighted by Crippen LogP contribution is 2.34. The molecule has 4 aromatic rings. The smallest absolute Gasteiger partial charge is 0.410 e. The van der Waals surface area contributed by atoms with E-state index >= 15 is 0 Å². The van der Waals surface area contributed by atoms with Crippen LogP contribution in [0.25, 0.3) is 10.9 Å². The van der Waals surface area contributed by atoms with Gasteiger partial charge in [-0.25, -0.2) is 4.79 Å². The first-order chi connectivity index (χ1) is 20.5. The summed E-state index contributed by atoms with van der Waals surface area (Å²) < 4.78 is 16.2. The Kier molecular flexibility index (Phi) is 9.49. The Hall–Kier alpha value is -5.12. The Bertz CT molecular complexity index is 1630. The van der Waals surface area contributed by atoms with Crippen LogP contribution in [0.1, 0.15) is 47.1 Å². The zero-order chi connectivity index (χ0) is 31.1. The number of hydrogen-bond donors (Lipinski definition) is 2. The van der Waals surface area contributed by atoms with Gasteiger partial charge in [0.2, 0.25) is 0 Å². The number of nitrogens with one attached hydrogen (secondary N) is 2. The topological polar surface area (TPSA) is 119 Å². The van der Waals surface area contributed by atoms with Crippen LogP contribution in [0.15, 0.2) is 72.9 Å². The molecule has 10 nitrogen and oxygen atoms in total. The molecular formula is C33H36N4O6. The van der Waals surface area contributed by atoms with Crippen molar-refractivity contribution in [2.45, 2.75) is 32.8 Å². The Labute approximate surface area is 251 Å². The summed E-state index contributed by atoms with van der Waals surface area (Å²) in [6.07, 6.45) is 1.72. The summed E-state index contributed by atoms with van der Waals surface area (Å²) in [5.74, 6) is -0.195. The number of methoxy groups -OCH3 is 2. The molecule has 224 valence electrons. The maximum Gasteiger partial charge on any atom is 0.410 e. The quantitative estimate of drug-likeness (QED) is 0.242. The molecule has 0 aliphatic rings. The maximum absolute atomic E-state index is 13.5. The normalized spacial score (nSPS) is 11.0. The maximum atomic E-state index is 13.5. The summed E-state index contributed by atoms with van der Waals surface area (Å²) in [4.78, 5) is 44.8. The van der Waals surface area contributed by atoms with Crippen molar-refractivity contribution >= 4 is 40.2 Å². The molecule has 0 atom stereocenters. The van der Waals surface area contributed by atoms with Crippen LogP contribution < -0.4 is 20.1 Å². The molecule has 0 saturated heterocycles. The van der Waals surface area contributed by atoms with Crippen LogP contribution in [0.3, 0.4) is 0 Å². The lowest BCUT2D eigenvalue weighted by molar-refractivity contribution is 0.0300. The van der Waals surface area contributed by atoms with Crippen LogP contribution in [0.2, 0.25) is 0 Å². The number of fused-ring (bicyclic) bond motifs is 1. The number of carbonyl (C=O) groups excluding carboxylic acids is 3. The predicted molar refractivity (Wildman–Crippen MR) is 166 cm³/mol. The Balaban J connectivity index is 1.49. The minimum absolute atomic E-state index is 0.183. The summed E-state index contributed by atoms with van der Waals surface area (Å²) in [7, 11) is 4.64. The molecule has 0 bridgehead atoms. The summed E-state index contributed by atoms with van der Waals surface area (Å²) >= 11 is 0. The fourth-order valence-electron chi connectivity index (χ4n) is 4.24. The van der Waals surface area contributed by atoms with E-state index in [1.165, 1.54) is 31.4 Å². The third kappa shape index (κ3) is 8.00. The van der Waals surface area contributed by atoms with Gasteiger partial charge < -0.3 is 29.7 Å². The fourth-order valence-corrected chi connectivity index (χ4v) is 4.24. The second kappa shape index (κ2) is 13.2. The van der Waals surface area contributed by atoms with Crippen molar-refractivity contribution < 1.29 is 28.6 Å². The number of ether oxygens (including phenoxy) is 3. The average Bonchev–Trinajstić information content (AvgIpc) is 2.99. The number of likely N-dealkylation sites (N-methyl/N-ethyl adjacent to an activating group) is 1. The predicted octanol–water partition coefficient (Wildman–Crippen LogP) is 6.17. The number of nitrogens with zero attached hydrogens (tertiary/aromatic N) is 2. The number of aromatic nitrogens is 1. The molecule has 10 heteroatoms. The van der Waals surface area contributed by atoms with Gasteiger partial charge in [-0.1, -0.05) is 30.3 Å². The first-order valence-corrected chi connectivity index (χ1v) is 13.7. The lowest BCUT2D eigenvalue weighted by atomic mass is 10.1. The van der Waals surface area contributed by atoms with Crippen molar-refractivity contribution in [3.8, 4) is 11.5 Å². The van der Waals surface area contributed by atoms with E-state index in [9.17, 15) is 14.4 Å². The third-order valence-electron chi connectivity index (χ3n) is 6.52. The van der Waals surface area contributed by atoms with E-state index < -0.39 is 17.4 Å². The molecule has 1 aromatic heterocycles. The Morgan fingerprint density at radius 3 is 2.21 bits per heavy atom. The molecule has 4 rings (SSSR count). The summed E-state index contributed by atoms with van der Waals surface area (Å²) in [5.41, 5.74) is 2.52. The highest BCUT2D eigenvalue weighted by Gasteiger charge is 2.21. The molecule has 1 heterocycles. The van der Waals surface area contributed by atoms with Crippen molar-refractivity contribution in [3.05, 3.63) is 89.6 Å². The lowest BCUT2D eigenvalue weighted by Crippen LogP contribution is -2.35. The molecular weight excluding hydrogens is 548 g/mol. The zero-order valence-corrected chi connectivity index (χ0v) is 25.2. The Morgan fingerprint density at radius 1 is 0.860 bits per heavy atom. The van der Waals surface area contributed by atoms with Crippen molar-refractivity contribution in [2.75, 3.05) is 38.4 Å². The van der Waals surface area contributed by atoms with E-state index in [2.05, 4.69) is 15.6 Å². The molecule has 0 spiro atoms. The van der Waals surface area contributed by atoms with E-state index in [0.29, 0.717) is 35.7 Å². The molecule has 0 radical (unpaired) electrons. The van der Waals surface area contributed by atoms with Crippen LogP contribution in [0, 0.1) is 0 Å². The first-order valence-electron chi connectivity index (χ1n) is 13.7. The Morgan fingerprint density at radius 2 is 1.53 bits per heavy atom. The van der Waals surface area contributed by atoms with Gasteiger partial charge in [-0.15, -0.1) is 0 Å².